The summed E-state index contributed by atoms with van der Waals surface area (Å²) in [5.41, 5.74) is 6.33. The van der Waals surface area contributed by atoms with Crippen LogP contribution in [0.15, 0.2) is 23.1 Å². The maximum absolute atomic E-state index is 9.33. The van der Waals surface area contributed by atoms with E-state index in [2.05, 4.69) is 12.6 Å². The molecule has 0 saturated heterocycles. The monoisotopic (exact) mass is 169 g/mol. The van der Waals surface area contributed by atoms with E-state index < -0.39 is 0 Å². The van der Waals surface area contributed by atoms with Crippen LogP contribution in [0, 0.1) is 0 Å². The van der Waals surface area contributed by atoms with Crippen molar-refractivity contribution in [1.29, 1.82) is 0 Å². The second-order valence-electron chi connectivity index (χ2n) is 2.53. The fourth-order valence-corrected chi connectivity index (χ4v) is 1.11. The van der Waals surface area contributed by atoms with E-state index in [1.54, 1.807) is 12.1 Å². The lowest BCUT2D eigenvalue weighted by Gasteiger charge is -2.07. The van der Waals surface area contributed by atoms with Gasteiger partial charge < -0.3 is 10.8 Å². The largest absolute Gasteiger partial charge is 0.508 e. The fraction of sp³-hybridized carbons (Fsp3) is 0.250. The van der Waals surface area contributed by atoms with Gasteiger partial charge >= 0.3 is 0 Å². The molecule has 1 aromatic carbocycles. The van der Waals surface area contributed by atoms with Crippen LogP contribution in [-0.2, 0) is 0 Å². The number of thiol groups is 1. The first kappa shape index (κ1) is 8.43. The van der Waals surface area contributed by atoms with Crippen LogP contribution in [-0.4, -0.2) is 5.11 Å². The number of hydrogen-bond donors (Lipinski definition) is 3. The van der Waals surface area contributed by atoms with Gasteiger partial charge in [-0.1, -0.05) is 6.07 Å². The average molecular weight is 169 g/mol. The Morgan fingerprint density at radius 3 is 2.64 bits per heavy atom. The lowest BCUT2D eigenvalue weighted by molar-refractivity contribution is 0.462. The Hall–Kier alpha value is -0.670. The van der Waals surface area contributed by atoms with E-state index >= 15 is 0 Å². The van der Waals surface area contributed by atoms with Gasteiger partial charge in [0.15, 0.2) is 0 Å². The summed E-state index contributed by atoms with van der Waals surface area (Å²) in [4.78, 5) is 0.743. The molecular formula is C8H11NOS. The van der Waals surface area contributed by atoms with Crippen LogP contribution in [0.4, 0.5) is 0 Å². The van der Waals surface area contributed by atoms with Crippen molar-refractivity contribution in [2.24, 2.45) is 5.73 Å². The van der Waals surface area contributed by atoms with E-state index in [4.69, 9.17) is 5.73 Å². The van der Waals surface area contributed by atoms with E-state index in [0.29, 0.717) is 0 Å². The zero-order chi connectivity index (χ0) is 8.43. The minimum atomic E-state index is -0.135. The average Bonchev–Trinajstić information content (AvgIpc) is 1.85. The van der Waals surface area contributed by atoms with Crippen molar-refractivity contribution in [2.75, 3.05) is 0 Å². The van der Waals surface area contributed by atoms with Crippen molar-refractivity contribution in [2.45, 2.75) is 17.9 Å². The number of phenolic OH excluding ortho intramolecular Hbond substituents is 1. The molecule has 1 aromatic rings. The Morgan fingerprint density at radius 1 is 1.55 bits per heavy atom. The van der Waals surface area contributed by atoms with Crippen molar-refractivity contribution in [3.8, 4) is 5.75 Å². The van der Waals surface area contributed by atoms with Crippen molar-refractivity contribution in [1.82, 2.24) is 0 Å². The Labute approximate surface area is 71.5 Å². The molecular weight excluding hydrogens is 158 g/mol. The minimum Gasteiger partial charge on any atom is -0.508 e. The first-order valence-corrected chi connectivity index (χ1v) is 3.83. The molecule has 0 aliphatic carbocycles. The van der Waals surface area contributed by atoms with E-state index in [1.165, 1.54) is 0 Å². The Bertz CT molecular complexity index is 260. The van der Waals surface area contributed by atoms with Gasteiger partial charge in [-0.25, -0.2) is 0 Å². The molecule has 1 rings (SSSR count). The molecule has 0 radical (unpaired) electrons. The topological polar surface area (TPSA) is 46.2 Å². The molecule has 11 heavy (non-hydrogen) atoms. The summed E-state index contributed by atoms with van der Waals surface area (Å²) in [7, 11) is 0. The summed E-state index contributed by atoms with van der Waals surface area (Å²) < 4.78 is 0. The molecule has 0 fully saturated rings. The summed E-state index contributed by atoms with van der Waals surface area (Å²) in [6.45, 7) is 1.83. The van der Waals surface area contributed by atoms with Gasteiger partial charge in [0.05, 0.1) is 0 Å². The van der Waals surface area contributed by atoms with Gasteiger partial charge in [0.2, 0.25) is 0 Å². The van der Waals surface area contributed by atoms with Gasteiger partial charge in [-0.05, 0) is 19.1 Å². The SMILES string of the molecule is C[C@@H](N)c1ccc(S)cc1O. The maximum atomic E-state index is 9.33. The smallest absolute Gasteiger partial charge is 0.121 e. The molecule has 0 aliphatic heterocycles. The van der Waals surface area contributed by atoms with Crippen LogP contribution < -0.4 is 5.73 Å². The molecule has 0 heterocycles. The quantitative estimate of drug-likeness (QED) is 0.560. The Morgan fingerprint density at radius 2 is 2.18 bits per heavy atom. The van der Waals surface area contributed by atoms with Gasteiger partial charge in [0.1, 0.15) is 5.75 Å². The second-order valence-corrected chi connectivity index (χ2v) is 3.05. The predicted octanol–water partition coefficient (Wildman–Crippen LogP) is 1.70. The predicted molar refractivity (Wildman–Crippen MR) is 48.0 cm³/mol. The van der Waals surface area contributed by atoms with Crippen LogP contribution >= 0.6 is 12.6 Å². The minimum absolute atomic E-state index is 0.135. The third-order valence-electron chi connectivity index (χ3n) is 1.50. The van der Waals surface area contributed by atoms with Gasteiger partial charge in [-0.2, -0.15) is 0 Å². The summed E-state index contributed by atoms with van der Waals surface area (Å²) in [6.07, 6.45) is 0. The van der Waals surface area contributed by atoms with E-state index in [-0.39, 0.29) is 11.8 Å². The first-order chi connectivity index (χ1) is 5.11. The van der Waals surface area contributed by atoms with Crippen LogP contribution in [0.2, 0.25) is 0 Å². The molecule has 3 heteroatoms. The van der Waals surface area contributed by atoms with E-state index in [0.717, 1.165) is 10.5 Å². The van der Waals surface area contributed by atoms with Crippen molar-refractivity contribution >= 4 is 12.6 Å². The fourth-order valence-electron chi connectivity index (χ4n) is 0.917. The molecule has 0 saturated carbocycles. The summed E-state index contributed by atoms with van der Waals surface area (Å²) in [5, 5.41) is 9.33. The molecule has 2 nitrogen and oxygen atoms in total. The number of phenols is 1. The second kappa shape index (κ2) is 3.15. The highest BCUT2D eigenvalue weighted by molar-refractivity contribution is 7.80. The lowest BCUT2D eigenvalue weighted by atomic mass is 10.1. The third-order valence-corrected chi connectivity index (χ3v) is 1.78. The maximum Gasteiger partial charge on any atom is 0.121 e. The molecule has 0 unspecified atom stereocenters. The van der Waals surface area contributed by atoms with Crippen LogP contribution in [0.25, 0.3) is 0 Å². The van der Waals surface area contributed by atoms with Crippen LogP contribution in [0.5, 0.6) is 5.75 Å². The Kier molecular flexibility index (Phi) is 2.42. The number of benzene rings is 1. The summed E-state index contributed by atoms with van der Waals surface area (Å²) in [5.74, 6) is 0.215. The van der Waals surface area contributed by atoms with E-state index in [9.17, 15) is 5.11 Å². The van der Waals surface area contributed by atoms with Crippen molar-refractivity contribution < 1.29 is 5.11 Å². The molecule has 0 amide bonds. The number of hydrogen-bond acceptors (Lipinski definition) is 3. The number of rotatable bonds is 1. The molecule has 0 spiro atoms. The van der Waals surface area contributed by atoms with Crippen molar-refractivity contribution in [3.05, 3.63) is 23.8 Å². The zero-order valence-electron chi connectivity index (χ0n) is 6.28. The highest BCUT2D eigenvalue weighted by Crippen LogP contribution is 2.24. The van der Waals surface area contributed by atoms with Crippen molar-refractivity contribution in [3.63, 3.8) is 0 Å². The van der Waals surface area contributed by atoms with Gasteiger partial charge in [0, 0.05) is 16.5 Å². The number of aromatic hydroxyl groups is 1. The van der Waals surface area contributed by atoms with E-state index in [1.807, 2.05) is 13.0 Å². The lowest BCUT2D eigenvalue weighted by Crippen LogP contribution is -2.04. The molecule has 60 valence electrons. The molecule has 3 N–H and O–H groups in total. The van der Waals surface area contributed by atoms with Crippen LogP contribution in [0.3, 0.4) is 0 Å². The molecule has 0 aliphatic rings. The third kappa shape index (κ3) is 1.88. The first-order valence-electron chi connectivity index (χ1n) is 3.38. The van der Waals surface area contributed by atoms with Gasteiger partial charge in [-0.15, -0.1) is 12.6 Å². The highest BCUT2D eigenvalue weighted by atomic mass is 32.1. The molecule has 0 bridgehead atoms. The normalized spacial score (nSPS) is 13.0. The molecule has 0 aromatic heterocycles. The zero-order valence-corrected chi connectivity index (χ0v) is 7.18. The van der Waals surface area contributed by atoms with Crippen LogP contribution in [0.1, 0.15) is 18.5 Å². The summed E-state index contributed by atoms with van der Waals surface area (Å²) in [6, 6.07) is 5.04. The number of nitrogens with two attached hydrogens (primary N) is 1. The highest BCUT2D eigenvalue weighted by Gasteiger charge is 2.04. The van der Waals surface area contributed by atoms with Gasteiger partial charge in [-0.3, -0.25) is 0 Å². The standard InChI is InChI=1S/C8H11NOS/c1-5(9)7-3-2-6(11)4-8(7)10/h2-5,10-11H,9H2,1H3/t5-/m1/s1. The summed E-state index contributed by atoms with van der Waals surface area (Å²) >= 11 is 4.07. The van der Waals surface area contributed by atoms with Gasteiger partial charge in [0.25, 0.3) is 0 Å². The molecule has 1 atom stereocenters. The Balaban J connectivity index is 3.09.